The van der Waals surface area contributed by atoms with Crippen LogP contribution >= 0.6 is 22.9 Å². The van der Waals surface area contributed by atoms with Crippen LogP contribution in [0, 0.1) is 12.8 Å². The molecule has 0 atom stereocenters. The Kier molecular flexibility index (Phi) is 5.71. The van der Waals surface area contributed by atoms with Crippen molar-refractivity contribution in [1.29, 1.82) is 0 Å². The van der Waals surface area contributed by atoms with Crippen LogP contribution < -0.4 is 0 Å². The maximum atomic E-state index is 12.8. The van der Waals surface area contributed by atoms with Crippen LogP contribution in [0.1, 0.15) is 23.3 Å². The number of rotatable bonds is 5. The van der Waals surface area contributed by atoms with Crippen LogP contribution in [-0.4, -0.2) is 51.4 Å². The summed E-state index contributed by atoms with van der Waals surface area (Å²) in [6.07, 6.45) is 1.85. The molecule has 1 saturated heterocycles. The molecule has 2 rings (SSSR count). The van der Waals surface area contributed by atoms with Crippen molar-refractivity contribution >= 4 is 33.0 Å². The molecule has 0 radical (unpaired) electrons. The molecule has 1 aromatic rings. The summed E-state index contributed by atoms with van der Waals surface area (Å²) in [5.74, 6) is 0.840. The molecule has 0 N–H and O–H groups in total. The van der Waals surface area contributed by atoms with Crippen molar-refractivity contribution < 1.29 is 8.42 Å². The summed E-state index contributed by atoms with van der Waals surface area (Å²) in [4.78, 5) is 3.36. The standard InChI is InChI=1S/C14H23ClN2O2S2/c1-11-10-20-13(8-15)14(11)21(18,19)17-6-4-12(5-7-17)9-16(2)3/h10,12H,4-9H2,1-3H3. The summed E-state index contributed by atoms with van der Waals surface area (Å²) in [5, 5.41) is 1.88. The zero-order valence-corrected chi connectivity index (χ0v) is 15.2. The van der Waals surface area contributed by atoms with Crippen LogP contribution in [0.5, 0.6) is 0 Å². The monoisotopic (exact) mass is 350 g/mol. The minimum Gasteiger partial charge on any atom is -0.309 e. The van der Waals surface area contributed by atoms with Crippen molar-refractivity contribution in [1.82, 2.24) is 9.21 Å². The smallest absolute Gasteiger partial charge is 0.244 e. The van der Waals surface area contributed by atoms with Gasteiger partial charge < -0.3 is 4.90 Å². The van der Waals surface area contributed by atoms with E-state index >= 15 is 0 Å². The number of alkyl halides is 1. The molecule has 0 bridgehead atoms. The molecule has 1 aliphatic rings. The molecular formula is C14H23ClN2O2S2. The molecule has 4 nitrogen and oxygen atoms in total. The molecule has 7 heteroatoms. The van der Waals surface area contributed by atoms with Gasteiger partial charge in [0.1, 0.15) is 4.90 Å². The third-order valence-corrected chi connectivity index (χ3v) is 7.69. The summed E-state index contributed by atoms with van der Waals surface area (Å²) >= 11 is 7.32. The zero-order valence-electron chi connectivity index (χ0n) is 12.8. The van der Waals surface area contributed by atoms with E-state index in [-0.39, 0.29) is 5.88 Å². The SMILES string of the molecule is Cc1csc(CCl)c1S(=O)(=O)N1CCC(CN(C)C)CC1. The number of thiophene rings is 1. The highest BCUT2D eigenvalue weighted by Crippen LogP contribution is 2.32. The Morgan fingerprint density at radius 1 is 1.38 bits per heavy atom. The van der Waals surface area contributed by atoms with E-state index in [1.807, 2.05) is 12.3 Å². The summed E-state index contributed by atoms with van der Waals surface area (Å²) in [7, 11) is 0.722. The molecule has 0 unspecified atom stereocenters. The first-order chi connectivity index (χ1) is 9.86. The number of aryl methyl sites for hydroxylation is 1. The zero-order chi connectivity index (χ0) is 15.6. The number of hydrogen-bond donors (Lipinski definition) is 0. The van der Waals surface area contributed by atoms with Gasteiger partial charge in [-0.2, -0.15) is 4.31 Å². The highest BCUT2D eigenvalue weighted by atomic mass is 35.5. The lowest BCUT2D eigenvalue weighted by atomic mass is 9.98. The fourth-order valence-corrected chi connectivity index (χ4v) is 6.38. The van der Waals surface area contributed by atoms with E-state index in [0.717, 1.165) is 29.8 Å². The Morgan fingerprint density at radius 3 is 2.52 bits per heavy atom. The van der Waals surface area contributed by atoms with Crippen molar-refractivity contribution in [2.75, 3.05) is 33.7 Å². The van der Waals surface area contributed by atoms with Crippen molar-refractivity contribution in [3.63, 3.8) is 0 Å². The molecule has 0 aliphatic carbocycles. The molecule has 0 amide bonds. The number of halogens is 1. The first-order valence-electron chi connectivity index (χ1n) is 7.14. The van der Waals surface area contributed by atoms with Crippen LogP contribution in [-0.2, 0) is 15.9 Å². The summed E-state index contributed by atoms with van der Waals surface area (Å²) in [6.45, 7) is 4.09. The van der Waals surface area contributed by atoms with Crippen molar-refractivity contribution in [2.24, 2.45) is 5.92 Å². The Labute approximate surface area is 136 Å². The maximum absolute atomic E-state index is 12.8. The number of nitrogens with zero attached hydrogens (tertiary/aromatic N) is 2. The van der Waals surface area contributed by atoms with Gasteiger partial charge in [-0.15, -0.1) is 22.9 Å². The first-order valence-corrected chi connectivity index (χ1v) is 9.99. The van der Waals surface area contributed by atoms with Crippen molar-refractivity contribution in [2.45, 2.75) is 30.5 Å². The summed E-state index contributed by atoms with van der Waals surface area (Å²) in [6, 6.07) is 0. The van der Waals surface area contributed by atoms with Gasteiger partial charge in [-0.1, -0.05) is 0 Å². The number of hydrogen-bond acceptors (Lipinski definition) is 4. The largest absolute Gasteiger partial charge is 0.309 e. The Hall–Kier alpha value is -0.140. The van der Waals surface area contributed by atoms with Gasteiger partial charge in [0.15, 0.2) is 0 Å². The minimum absolute atomic E-state index is 0.254. The third-order valence-electron chi connectivity index (χ3n) is 3.91. The second-order valence-corrected chi connectivity index (χ2v) is 9.02. The molecule has 0 aromatic carbocycles. The second kappa shape index (κ2) is 6.96. The molecule has 1 aliphatic heterocycles. The molecule has 120 valence electrons. The van der Waals surface area contributed by atoms with E-state index in [9.17, 15) is 8.42 Å². The highest BCUT2D eigenvalue weighted by molar-refractivity contribution is 7.89. The van der Waals surface area contributed by atoms with E-state index in [4.69, 9.17) is 11.6 Å². The highest BCUT2D eigenvalue weighted by Gasteiger charge is 2.32. The fraction of sp³-hybridized carbons (Fsp3) is 0.714. The van der Waals surface area contributed by atoms with E-state index in [0.29, 0.717) is 23.9 Å². The molecule has 21 heavy (non-hydrogen) atoms. The molecule has 1 aromatic heterocycles. The van der Waals surface area contributed by atoms with Crippen LogP contribution in [0.15, 0.2) is 10.3 Å². The van der Waals surface area contributed by atoms with Crippen LogP contribution in [0.4, 0.5) is 0 Å². The van der Waals surface area contributed by atoms with Gasteiger partial charge in [0.2, 0.25) is 10.0 Å². The van der Waals surface area contributed by atoms with E-state index in [2.05, 4.69) is 19.0 Å². The topological polar surface area (TPSA) is 40.6 Å². The molecule has 2 heterocycles. The summed E-state index contributed by atoms with van der Waals surface area (Å²) in [5.41, 5.74) is 0.811. The molecular weight excluding hydrogens is 328 g/mol. The number of piperidine rings is 1. The second-order valence-electron chi connectivity index (χ2n) is 5.91. The van der Waals surface area contributed by atoms with Gasteiger partial charge in [-0.3, -0.25) is 0 Å². The third kappa shape index (κ3) is 3.79. The predicted molar refractivity (Wildman–Crippen MR) is 88.6 cm³/mol. The Bertz CT molecular complexity index is 576. The van der Waals surface area contributed by atoms with Gasteiger partial charge in [0, 0.05) is 24.5 Å². The Morgan fingerprint density at radius 2 is 2.00 bits per heavy atom. The van der Waals surface area contributed by atoms with Crippen molar-refractivity contribution in [3.8, 4) is 0 Å². The van der Waals surface area contributed by atoms with Crippen LogP contribution in [0.2, 0.25) is 0 Å². The van der Waals surface area contributed by atoms with E-state index in [1.165, 1.54) is 11.3 Å². The van der Waals surface area contributed by atoms with Gasteiger partial charge in [-0.05, 0) is 50.7 Å². The molecule has 0 saturated carbocycles. The van der Waals surface area contributed by atoms with Gasteiger partial charge in [0.25, 0.3) is 0 Å². The lowest BCUT2D eigenvalue weighted by molar-refractivity contribution is 0.225. The fourth-order valence-electron chi connectivity index (χ4n) is 2.90. The average Bonchev–Trinajstić information content (AvgIpc) is 2.80. The van der Waals surface area contributed by atoms with E-state index in [1.54, 1.807) is 4.31 Å². The Balaban J connectivity index is 2.13. The summed E-state index contributed by atoms with van der Waals surface area (Å²) < 4.78 is 27.3. The van der Waals surface area contributed by atoms with E-state index < -0.39 is 10.0 Å². The quantitative estimate of drug-likeness (QED) is 0.767. The van der Waals surface area contributed by atoms with Gasteiger partial charge in [-0.25, -0.2) is 8.42 Å². The van der Waals surface area contributed by atoms with Crippen molar-refractivity contribution in [3.05, 3.63) is 15.8 Å². The maximum Gasteiger partial charge on any atom is 0.244 e. The molecule has 0 spiro atoms. The lowest BCUT2D eigenvalue weighted by Gasteiger charge is -2.32. The first kappa shape index (κ1) is 17.2. The van der Waals surface area contributed by atoms with Crippen LogP contribution in [0.3, 0.4) is 0 Å². The van der Waals surface area contributed by atoms with Gasteiger partial charge in [0.05, 0.1) is 5.88 Å². The lowest BCUT2D eigenvalue weighted by Crippen LogP contribution is -2.40. The minimum atomic E-state index is -3.40. The van der Waals surface area contributed by atoms with Crippen LogP contribution in [0.25, 0.3) is 0 Å². The molecule has 1 fully saturated rings. The average molecular weight is 351 g/mol. The normalized spacial score (nSPS) is 18.5. The number of sulfonamides is 1. The van der Waals surface area contributed by atoms with Gasteiger partial charge >= 0.3 is 0 Å². The predicted octanol–water partition coefficient (Wildman–Crippen LogP) is 2.76.